The van der Waals surface area contributed by atoms with Gasteiger partial charge >= 0.3 is 12.0 Å². The number of aryl methyl sites for hydroxylation is 1. The molecule has 0 spiro atoms. The Morgan fingerprint density at radius 3 is 2.32 bits per heavy atom. The second-order valence-corrected chi connectivity index (χ2v) is 10.6. The van der Waals surface area contributed by atoms with Crippen LogP contribution < -0.4 is 15.7 Å². The maximum Gasteiger partial charge on any atom is 0.359 e. The van der Waals surface area contributed by atoms with E-state index in [0.717, 1.165) is 55.7 Å². The van der Waals surface area contributed by atoms with Crippen molar-refractivity contribution in [2.75, 3.05) is 36.7 Å². The Morgan fingerprint density at radius 1 is 0.864 bits per heavy atom. The van der Waals surface area contributed by atoms with Gasteiger partial charge in [-0.15, -0.1) is 5.06 Å². The average Bonchev–Trinajstić information content (AvgIpc) is 3.02. The third-order valence-corrected chi connectivity index (χ3v) is 7.01. The molecule has 3 aromatic rings. The smallest absolute Gasteiger partial charge is 0.359 e. The van der Waals surface area contributed by atoms with Crippen molar-refractivity contribution in [3.05, 3.63) is 89.5 Å². The molecule has 0 aliphatic carbocycles. The number of hydroxylamine groups is 1. The van der Waals surface area contributed by atoms with Gasteiger partial charge in [-0.1, -0.05) is 55.3 Å². The van der Waals surface area contributed by atoms with E-state index in [1.54, 1.807) is 36.4 Å². The highest BCUT2D eigenvalue weighted by atomic mass is 16.7. The minimum Gasteiger partial charge on any atom is -0.508 e. The minimum atomic E-state index is -0.699. The number of hydrogen-bond acceptors (Lipinski definition) is 8. The van der Waals surface area contributed by atoms with Crippen LogP contribution in [-0.4, -0.2) is 53.6 Å². The number of benzene rings is 3. The fourth-order valence-electron chi connectivity index (χ4n) is 4.67. The SMILES string of the molecule is CC(=O)ON(C(=O)Nc1ccccc1)c1ccccc1CCCCOCCCCCCNC[C@H](O)c1ccc(O)c(CO)c1. The lowest BCUT2D eigenvalue weighted by Crippen LogP contribution is -2.37. The zero-order valence-corrected chi connectivity index (χ0v) is 25.4. The lowest BCUT2D eigenvalue weighted by Gasteiger charge is -2.23. The van der Waals surface area contributed by atoms with Gasteiger partial charge in [-0.05, 0) is 80.1 Å². The van der Waals surface area contributed by atoms with Gasteiger partial charge in [-0.25, -0.2) is 9.59 Å². The van der Waals surface area contributed by atoms with E-state index in [-0.39, 0.29) is 12.4 Å². The summed E-state index contributed by atoms with van der Waals surface area (Å²) in [4.78, 5) is 30.1. The molecular weight excluding hydrogens is 562 g/mol. The van der Waals surface area contributed by atoms with Crippen molar-refractivity contribution >= 4 is 23.4 Å². The van der Waals surface area contributed by atoms with Crippen molar-refractivity contribution in [1.29, 1.82) is 0 Å². The van der Waals surface area contributed by atoms with Gasteiger partial charge in [0.05, 0.1) is 18.4 Å². The Morgan fingerprint density at radius 2 is 1.57 bits per heavy atom. The summed E-state index contributed by atoms with van der Waals surface area (Å²) >= 11 is 0. The standard InChI is InChI=1S/C34H45N3O7/c1-26(39)44-37(34(42)36-30-15-5-4-6-16-30)31-17-8-7-13-27(31)14-9-12-22-43-21-11-3-2-10-20-35-24-33(41)28-18-19-32(40)29(23-28)25-38/h4-8,13,15-19,23,33,35,38,40-41H,2-3,9-12,14,20-22,24-25H2,1H3,(H,36,42)/t33-/m0/s1. The van der Waals surface area contributed by atoms with Crippen LogP contribution in [0.15, 0.2) is 72.8 Å². The number of carbonyl (C=O) groups is 2. The molecule has 0 saturated heterocycles. The molecule has 10 nitrogen and oxygen atoms in total. The van der Waals surface area contributed by atoms with Gasteiger partial charge in [0.15, 0.2) is 0 Å². The summed E-state index contributed by atoms with van der Waals surface area (Å²) in [5.41, 5.74) is 3.09. The predicted octanol–water partition coefficient (Wildman–Crippen LogP) is 5.62. The Bertz CT molecular complexity index is 1290. The van der Waals surface area contributed by atoms with Crippen LogP contribution in [0.2, 0.25) is 0 Å². The number of hydrogen-bond donors (Lipinski definition) is 5. The molecule has 238 valence electrons. The Kier molecular flexibility index (Phi) is 15.2. The number of aromatic hydroxyl groups is 1. The molecule has 0 aromatic heterocycles. The van der Waals surface area contributed by atoms with Crippen molar-refractivity contribution < 1.29 is 34.5 Å². The van der Waals surface area contributed by atoms with E-state index >= 15 is 0 Å². The van der Waals surface area contributed by atoms with Crippen LogP contribution in [0.3, 0.4) is 0 Å². The summed E-state index contributed by atoms with van der Waals surface area (Å²) in [6.45, 7) is 3.56. The van der Waals surface area contributed by atoms with Crippen LogP contribution in [0, 0.1) is 0 Å². The molecule has 0 bridgehead atoms. The van der Waals surface area contributed by atoms with Crippen LogP contribution in [-0.2, 0) is 27.4 Å². The number of anilines is 2. The number of phenols is 1. The summed E-state index contributed by atoms with van der Waals surface area (Å²) in [5, 5.41) is 36.3. The number of para-hydroxylation sites is 2. The Hall–Kier alpha value is -3.96. The minimum absolute atomic E-state index is 0.0256. The van der Waals surface area contributed by atoms with E-state index in [2.05, 4.69) is 10.6 Å². The van der Waals surface area contributed by atoms with Crippen LogP contribution in [0.4, 0.5) is 16.2 Å². The van der Waals surface area contributed by atoms with Crippen molar-refractivity contribution in [1.82, 2.24) is 5.32 Å². The number of nitrogens with one attached hydrogen (secondary N) is 2. The highest BCUT2D eigenvalue weighted by Gasteiger charge is 2.22. The molecule has 10 heteroatoms. The largest absolute Gasteiger partial charge is 0.508 e. The first-order valence-corrected chi connectivity index (χ1v) is 15.2. The summed E-state index contributed by atoms with van der Waals surface area (Å²) in [6, 6.07) is 20.6. The molecule has 3 aromatic carbocycles. The fraction of sp³-hybridized carbons (Fsp3) is 0.412. The van der Waals surface area contributed by atoms with E-state index in [1.165, 1.54) is 13.0 Å². The second-order valence-electron chi connectivity index (χ2n) is 10.6. The Labute approximate surface area is 259 Å². The first-order chi connectivity index (χ1) is 21.4. The third kappa shape index (κ3) is 12.0. The monoisotopic (exact) mass is 607 g/mol. The summed E-state index contributed by atoms with van der Waals surface area (Å²) in [7, 11) is 0. The molecule has 0 fully saturated rings. The molecule has 0 aliphatic rings. The van der Waals surface area contributed by atoms with Crippen molar-refractivity contribution in [3.63, 3.8) is 0 Å². The number of carbonyl (C=O) groups excluding carboxylic acids is 2. The molecule has 3 rings (SSSR count). The molecular formula is C34H45N3O7. The molecule has 0 aliphatic heterocycles. The zero-order chi connectivity index (χ0) is 31.6. The average molecular weight is 608 g/mol. The number of ether oxygens (including phenoxy) is 1. The van der Waals surface area contributed by atoms with Gasteiger partial charge in [0.1, 0.15) is 5.75 Å². The molecule has 1 atom stereocenters. The van der Waals surface area contributed by atoms with Crippen LogP contribution in [0.5, 0.6) is 5.75 Å². The lowest BCUT2D eigenvalue weighted by atomic mass is 10.1. The van der Waals surface area contributed by atoms with E-state index < -0.39 is 18.1 Å². The molecule has 0 saturated carbocycles. The van der Waals surface area contributed by atoms with Gasteiger partial charge in [-0.2, -0.15) is 0 Å². The molecule has 0 radical (unpaired) electrons. The van der Waals surface area contributed by atoms with Crippen LogP contribution in [0.25, 0.3) is 0 Å². The number of aliphatic hydroxyl groups is 2. The number of rotatable bonds is 18. The third-order valence-electron chi connectivity index (χ3n) is 7.01. The van der Waals surface area contributed by atoms with Gasteiger partial charge in [-0.3, -0.25) is 0 Å². The maximum absolute atomic E-state index is 13.0. The second kappa shape index (κ2) is 19.3. The van der Waals surface area contributed by atoms with Gasteiger partial charge in [0.2, 0.25) is 0 Å². The van der Waals surface area contributed by atoms with Crippen LogP contribution >= 0.6 is 0 Å². The Balaban J connectivity index is 1.28. The number of aliphatic hydroxyl groups excluding tert-OH is 2. The lowest BCUT2D eigenvalue weighted by molar-refractivity contribution is -0.141. The number of amides is 2. The first-order valence-electron chi connectivity index (χ1n) is 15.2. The first kappa shape index (κ1) is 34.5. The molecule has 5 N–H and O–H groups in total. The molecule has 0 unspecified atom stereocenters. The van der Waals surface area contributed by atoms with Gasteiger partial charge in [0.25, 0.3) is 0 Å². The normalized spacial score (nSPS) is 11.6. The summed E-state index contributed by atoms with van der Waals surface area (Å²) in [6.07, 6.45) is 5.83. The van der Waals surface area contributed by atoms with Crippen LogP contribution in [0.1, 0.15) is 68.2 Å². The fourth-order valence-corrected chi connectivity index (χ4v) is 4.67. The highest BCUT2D eigenvalue weighted by molar-refractivity contribution is 6.01. The summed E-state index contributed by atoms with van der Waals surface area (Å²) < 4.78 is 5.81. The van der Waals surface area contributed by atoms with E-state index in [0.29, 0.717) is 48.7 Å². The van der Waals surface area contributed by atoms with E-state index in [9.17, 15) is 24.9 Å². The van der Waals surface area contributed by atoms with Crippen molar-refractivity contribution in [2.45, 2.75) is 64.6 Å². The number of urea groups is 1. The summed E-state index contributed by atoms with van der Waals surface area (Å²) in [5.74, 6) is -0.562. The maximum atomic E-state index is 13.0. The predicted molar refractivity (Wildman–Crippen MR) is 170 cm³/mol. The van der Waals surface area contributed by atoms with Crippen molar-refractivity contribution in [3.8, 4) is 5.75 Å². The van der Waals surface area contributed by atoms with Crippen molar-refractivity contribution in [2.24, 2.45) is 0 Å². The van der Waals surface area contributed by atoms with E-state index in [1.807, 2.05) is 30.3 Å². The molecule has 0 heterocycles. The van der Waals surface area contributed by atoms with Gasteiger partial charge < -0.3 is 35.5 Å². The van der Waals surface area contributed by atoms with Gasteiger partial charge in [0, 0.05) is 37.9 Å². The quantitative estimate of drug-likeness (QED) is 0.0927. The molecule has 44 heavy (non-hydrogen) atoms. The highest BCUT2D eigenvalue weighted by Crippen LogP contribution is 2.25. The van der Waals surface area contributed by atoms with E-state index in [4.69, 9.17) is 9.57 Å². The molecule has 2 amide bonds. The number of nitrogens with zero attached hydrogens (tertiary/aromatic N) is 1. The zero-order valence-electron chi connectivity index (χ0n) is 25.4. The number of unbranched alkanes of at least 4 members (excludes halogenated alkanes) is 4. The topological polar surface area (TPSA) is 141 Å².